The summed E-state index contributed by atoms with van der Waals surface area (Å²) in [6.07, 6.45) is -1.48. The molecule has 18 heavy (non-hydrogen) atoms. The Hall–Kier alpha value is -2.13. The van der Waals surface area contributed by atoms with Crippen molar-refractivity contribution in [2.24, 2.45) is 0 Å². The maximum absolute atomic E-state index is 10.8. The van der Waals surface area contributed by atoms with Gasteiger partial charge in [-0.15, -0.1) is 0 Å². The molecule has 0 bridgehead atoms. The van der Waals surface area contributed by atoms with Crippen LogP contribution in [0.3, 0.4) is 0 Å². The molecule has 0 fully saturated rings. The van der Waals surface area contributed by atoms with Crippen LogP contribution in [-0.2, 0) is 4.79 Å². The highest BCUT2D eigenvalue weighted by atomic mass is 16.4. The van der Waals surface area contributed by atoms with Crippen molar-refractivity contribution in [3.63, 3.8) is 0 Å². The van der Waals surface area contributed by atoms with Crippen molar-refractivity contribution in [3.8, 4) is 11.1 Å². The van der Waals surface area contributed by atoms with E-state index in [2.05, 4.69) is 0 Å². The van der Waals surface area contributed by atoms with Crippen LogP contribution in [0.5, 0.6) is 0 Å². The lowest BCUT2D eigenvalue weighted by Gasteiger charge is -2.11. The zero-order valence-electron chi connectivity index (χ0n) is 10.00. The second-order valence-corrected chi connectivity index (χ2v) is 4.18. The molecule has 1 atom stereocenters. The number of rotatable bonds is 3. The van der Waals surface area contributed by atoms with Crippen LogP contribution in [0.2, 0.25) is 0 Å². The molecule has 2 rings (SSSR count). The Bertz CT molecular complexity index is 561. The van der Waals surface area contributed by atoms with Crippen molar-refractivity contribution in [3.05, 3.63) is 59.7 Å². The van der Waals surface area contributed by atoms with E-state index in [1.165, 1.54) is 0 Å². The van der Waals surface area contributed by atoms with E-state index in [0.717, 1.165) is 16.7 Å². The molecule has 2 aromatic rings. The molecule has 0 saturated carbocycles. The van der Waals surface area contributed by atoms with Crippen molar-refractivity contribution in [2.45, 2.75) is 13.0 Å². The summed E-state index contributed by atoms with van der Waals surface area (Å²) in [5.74, 6) is -1.24. The molecular formula is C15H14O3. The van der Waals surface area contributed by atoms with Crippen molar-refractivity contribution in [1.29, 1.82) is 0 Å². The summed E-state index contributed by atoms with van der Waals surface area (Å²) in [5, 5.41) is 18.4. The van der Waals surface area contributed by atoms with Gasteiger partial charge in [0, 0.05) is 0 Å². The van der Waals surface area contributed by atoms with Crippen LogP contribution < -0.4 is 0 Å². The Labute approximate surface area is 105 Å². The van der Waals surface area contributed by atoms with Crippen LogP contribution in [-0.4, -0.2) is 16.2 Å². The molecule has 0 saturated heterocycles. The fourth-order valence-electron chi connectivity index (χ4n) is 1.88. The molecule has 1 unspecified atom stereocenters. The molecule has 0 radical (unpaired) electrons. The molecule has 0 aromatic heterocycles. The molecule has 3 heteroatoms. The molecule has 0 aliphatic carbocycles. The van der Waals surface area contributed by atoms with Gasteiger partial charge < -0.3 is 10.2 Å². The third kappa shape index (κ3) is 2.41. The number of aliphatic carboxylic acids is 1. The first-order valence-corrected chi connectivity index (χ1v) is 5.66. The quantitative estimate of drug-likeness (QED) is 0.870. The maximum Gasteiger partial charge on any atom is 0.337 e. The van der Waals surface area contributed by atoms with Gasteiger partial charge in [-0.3, -0.25) is 0 Å². The van der Waals surface area contributed by atoms with Crippen molar-refractivity contribution >= 4 is 5.97 Å². The van der Waals surface area contributed by atoms with Gasteiger partial charge in [-0.2, -0.15) is 0 Å². The van der Waals surface area contributed by atoms with E-state index in [1.54, 1.807) is 12.1 Å². The third-order valence-electron chi connectivity index (χ3n) is 2.90. The van der Waals surface area contributed by atoms with E-state index >= 15 is 0 Å². The normalized spacial score (nSPS) is 12.1. The van der Waals surface area contributed by atoms with Gasteiger partial charge in [-0.25, -0.2) is 4.79 Å². The number of hydrogen-bond acceptors (Lipinski definition) is 2. The number of aliphatic hydroxyl groups is 1. The van der Waals surface area contributed by atoms with Crippen LogP contribution in [0, 0.1) is 6.92 Å². The van der Waals surface area contributed by atoms with E-state index in [0.29, 0.717) is 5.56 Å². The van der Waals surface area contributed by atoms with Gasteiger partial charge in [-0.05, 0) is 35.2 Å². The van der Waals surface area contributed by atoms with E-state index < -0.39 is 12.1 Å². The topological polar surface area (TPSA) is 57.5 Å². The highest BCUT2D eigenvalue weighted by Crippen LogP contribution is 2.26. The maximum atomic E-state index is 10.8. The molecule has 2 aromatic carbocycles. The fourth-order valence-corrected chi connectivity index (χ4v) is 1.88. The summed E-state index contributed by atoms with van der Waals surface area (Å²) < 4.78 is 0. The Morgan fingerprint density at radius 1 is 1.11 bits per heavy atom. The van der Waals surface area contributed by atoms with Crippen molar-refractivity contribution < 1.29 is 15.0 Å². The Kier molecular flexibility index (Phi) is 3.44. The first kappa shape index (κ1) is 12.3. The van der Waals surface area contributed by atoms with Gasteiger partial charge in [0.2, 0.25) is 0 Å². The molecule has 3 nitrogen and oxygen atoms in total. The third-order valence-corrected chi connectivity index (χ3v) is 2.90. The number of aliphatic hydroxyl groups excluding tert-OH is 1. The number of carboxylic acid groups (broad SMARTS) is 1. The van der Waals surface area contributed by atoms with Crippen LogP contribution in [0.1, 0.15) is 17.2 Å². The molecule has 0 amide bonds. The van der Waals surface area contributed by atoms with E-state index in [-0.39, 0.29) is 0 Å². The molecule has 0 aliphatic heterocycles. The molecule has 0 heterocycles. The van der Waals surface area contributed by atoms with Crippen LogP contribution >= 0.6 is 0 Å². The lowest BCUT2D eigenvalue weighted by molar-refractivity contribution is -0.146. The predicted molar refractivity (Wildman–Crippen MR) is 69.2 cm³/mol. The number of hydrogen-bond donors (Lipinski definition) is 2. The second-order valence-electron chi connectivity index (χ2n) is 4.18. The van der Waals surface area contributed by atoms with Gasteiger partial charge in [0.25, 0.3) is 0 Å². The number of carboxylic acids is 1. The largest absolute Gasteiger partial charge is 0.479 e. The Morgan fingerprint density at radius 2 is 1.78 bits per heavy atom. The van der Waals surface area contributed by atoms with Crippen LogP contribution in [0.4, 0.5) is 0 Å². The van der Waals surface area contributed by atoms with Gasteiger partial charge in [0.1, 0.15) is 0 Å². The number of benzene rings is 2. The predicted octanol–water partition coefficient (Wildman–Crippen LogP) is 2.78. The van der Waals surface area contributed by atoms with E-state index in [9.17, 15) is 9.90 Å². The Balaban J connectivity index is 2.49. The molecular weight excluding hydrogens is 228 g/mol. The monoisotopic (exact) mass is 242 g/mol. The minimum Gasteiger partial charge on any atom is -0.479 e. The average molecular weight is 242 g/mol. The summed E-state index contributed by atoms with van der Waals surface area (Å²) in [6.45, 7) is 1.96. The molecule has 0 aliphatic rings. The smallest absolute Gasteiger partial charge is 0.337 e. The Morgan fingerprint density at radius 3 is 2.39 bits per heavy atom. The summed E-state index contributed by atoms with van der Waals surface area (Å²) in [5.41, 5.74) is 3.39. The zero-order chi connectivity index (χ0) is 13.1. The lowest BCUT2D eigenvalue weighted by Crippen LogP contribution is -2.10. The van der Waals surface area contributed by atoms with E-state index in [1.807, 2.05) is 43.3 Å². The van der Waals surface area contributed by atoms with Crippen molar-refractivity contribution in [2.75, 3.05) is 0 Å². The second kappa shape index (κ2) is 5.02. The average Bonchev–Trinajstić information content (AvgIpc) is 2.39. The fraction of sp³-hybridized carbons (Fsp3) is 0.133. The van der Waals surface area contributed by atoms with Gasteiger partial charge in [-0.1, -0.05) is 42.5 Å². The number of aryl methyl sites for hydroxylation is 1. The number of carbonyl (C=O) groups is 1. The van der Waals surface area contributed by atoms with Gasteiger partial charge in [0.15, 0.2) is 6.10 Å². The zero-order valence-corrected chi connectivity index (χ0v) is 10.00. The first-order chi connectivity index (χ1) is 8.59. The summed E-state index contributed by atoms with van der Waals surface area (Å²) in [6, 6.07) is 14.9. The van der Waals surface area contributed by atoms with Crippen LogP contribution in [0.25, 0.3) is 11.1 Å². The van der Waals surface area contributed by atoms with Crippen molar-refractivity contribution in [1.82, 2.24) is 0 Å². The lowest BCUT2D eigenvalue weighted by atomic mass is 9.96. The van der Waals surface area contributed by atoms with E-state index in [4.69, 9.17) is 5.11 Å². The minimum atomic E-state index is -1.48. The summed E-state index contributed by atoms with van der Waals surface area (Å²) >= 11 is 0. The highest BCUT2D eigenvalue weighted by molar-refractivity contribution is 5.76. The first-order valence-electron chi connectivity index (χ1n) is 5.66. The standard InChI is InChI=1S/C15H14O3/c1-10-7-8-12(14(16)15(17)18)9-13(10)11-5-3-2-4-6-11/h2-9,14,16H,1H3,(H,17,18). The van der Waals surface area contributed by atoms with Gasteiger partial charge in [0.05, 0.1) is 0 Å². The molecule has 92 valence electrons. The highest BCUT2D eigenvalue weighted by Gasteiger charge is 2.16. The SMILES string of the molecule is Cc1ccc(C(O)C(=O)O)cc1-c1ccccc1. The molecule has 0 spiro atoms. The summed E-state index contributed by atoms with van der Waals surface area (Å²) in [4.78, 5) is 10.8. The van der Waals surface area contributed by atoms with Crippen LogP contribution in [0.15, 0.2) is 48.5 Å². The minimum absolute atomic E-state index is 0.395. The molecule has 2 N–H and O–H groups in total. The summed E-state index contributed by atoms with van der Waals surface area (Å²) in [7, 11) is 0. The van der Waals surface area contributed by atoms with Gasteiger partial charge >= 0.3 is 5.97 Å².